The minimum Gasteiger partial charge on any atom is -0.463 e. The summed E-state index contributed by atoms with van der Waals surface area (Å²) in [5, 5.41) is 0. The molecular weight excluding hydrogens is 494 g/mol. The Hall–Kier alpha value is -2.91. The van der Waals surface area contributed by atoms with Crippen molar-refractivity contribution >= 4 is 45.2 Å². The molecule has 0 fully saturated rings. The highest BCUT2D eigenvalue weighted by molar-refractivity contribution is 9.10. The van der Waals surface area contributed by atoms with Gasteiger partial charge in [0, 0.05) is 30.7 Å². The van der Waals surface area contributed by atoms with Crippen LogP contribution in [0.25, 0.3) is 6.08 Å². The normalized spacial score (nSPS) is 16.0. The SMILES string of the molecule is CCOC(=O)C1=C(C)N=c2s/c(=C\c3ccc(N(C)C)o3)c(=O)n2C1c1ccc(Br)cc1. The van der Waals surface area contributed by atoms with E-state index in [0.717, 1.165) is 10.0 Å². The Bertz CT molecular complexity index is 1380. The van der Waals surface area contributed by atoms with Crippen LogP contribution >= 0.6 is 27.3 Å². The first-order valence-corrected chi connectivity index (χ1v) is 11.6. The lowest BCUT2D eigenvalue weighted by molar-refractivity contribution is -0.139. The highest BCUT2D eigenvalue weighted by atomic mass is 79.9. The zero-order valence-electron chi connectivity index (χ0n) is 18.1. The van der Waals surface area contributed by atoms with E-state index in [1.807, 2.05) is 55.4 Å². The predicted octanol–water partition coefficient (Wildman–Crippen LogP) is 3.22. The molecule has 0 radical (unpaired) electrons. The number of esters is 1. The smallest absolute Gasteiger partial charge is 0.338 e. The molecule has 0 aliphatic carbocycles. The van der Waals surface area contributed by atoms with Gasteiger partial charge in [0.1, 0.15) is 5.76 Å². The fraction of sp³-hybridized carbons (Fsp3) is 0.261. The van der Waals surface area contributed by atoms with Gasteiger partial charge in [-0.05, 0) is 37.6 Å². The molecular formula is C23H22BrN3O4S. The van der Waals surface area contributed by atoms with Gasteiger partial charge in [0.25, 0.3) is 5.56 Å². The summed E-state index contributed by atoms with van der Waals surface area (Å²) in [6.07, 6.45) is 1.71. The Balaban J connectivity index is 1.92. The van der Waals surface area contributed by atoms with Crippen molar-refractivity contribution in [1.82, 2.24) is 4.57 Å². The average molecular weight is 516 g/mol. The first kappa shape index (κ1) is 22.3. The molecule has 0 bridgehead atoms. The first-order chi connectivity index (χ1) is 15.3. The Kier molecular flexibility index (Phi) is 6.21. The standard InChI is InChI=1S/C23H22BrN3O4S/c1-5-30-22(29)19-13(2)25-23-27(20(19)14-6-8-15(24)9-7-14)21(28)17(32-23)12-16-10-11-18(31-16)26(3)4/h6-12,20H,5H2,1-4H3/b17-12-. The number of carbonyl (C=O) groups excluding carboxylic acids is 1. The van der Waals surface area contributed by atoms with E-state index in [2.05, 4.69) is 20.9 Å². The van der Waals surface area contributed by atoms with Gasteiger partial charge in [0.2, 0.25) is 0 Å². The largest absolute Gasteiger partial charge is 0.463 e. The van der Waals surface area contributed by atoms with Crippen LogP contribution in [0.4, 0.5) is 5.88 Å². The number of benzene rings is 1. The maximum absolute atomic E-state index is 13.5. The van der Waals surface area contributed by atoms with Crippen LogP contribution in [0.2, 0.25) is 0 Å². The lowest BCUT2D eigenvalue weighted by atomic mass is 9.96. The van der Waals surface area contributed by atoms with E-state index in [9.17, 15) is 9.59 Å². The lowest BCUT2D eigenvalue weighted by Crippen LogP contribution is -2.39. The Morgan fingerprint density at radius 1 is 1.28 bits per heavy atom. The number of furan rings is 1. The van der Waals surface area contributed by atoms with Crippen LogP contribution in [-0.4, -0.2) is 31.2 Å². The van der Waals surface area contributed by atoms with Crippen molar-refractivity contribution in [3.8, 4) is 0 Å². The van der Waals surface area contributed by atoms with Crippen LogP contribution in [0.5, 0.6) is 0 Å². The van der Waals surface area contributed by atoms with Crippen LogP contribution in [0.1, 0.15) is 31.2 Å². The monoisotopic (exact) mass is 515 g/mol. The topological polar surface area (TPSA) is 77.0 Å². The number of hydrogen-bond donors (Lipinski definition) is 0. The molecule has 166 valence electrons. The molecule has 1 aliphatic heterocycles. The number of allylic oxidation sites excluding steroid dienone is 1. The number of fused-ring (bicyclic) bond motifs is 1. The van der Waals surface area contributed by atoms with Crippen LogP contribution in [0.15, 0.2) is 66.3 Å². The number of anilines is 1. The summed E-state index contributed by atoms with van der Waals surface area (Å²) >= 11 is 4.71. The number of carbonyl (C=O) groups is 1. The summed E-state index contributed by atoms with van der Waals surface area (Å²) in [5.74, 6) is 0.787. The molecule has 3 heterocycles. The third-order valence-electron chi connectivity index (χ3n) is 5.03. The Morgan fingerprint density at radius 3 is 2.62 bits per heavy atom. The summed E-state index contributed by atoms with van der Waals surface area (Å²) < 4.78 is 14.0. The number of aromatic nitrogens is 1. The molecule has 3 aromatic rings. The maximum atomic E-state index is 13.5. The number of thiazole rings is 1. The third-order valence-corrected chi connectivity index (χ3v) is 6.54. The molecule has 1 aromatic carbocycles. The molecule has 1 atom stereocenters. The van der Waals surface area contributed by atoms with Crippen LogP contribution < -0.4 is 19.8 Å². The van der Waals surface area contributed by atoms with Gasteiger partial charge in [-0.25, -0.2) is 9.79 Å². The van der Waals surface area contributed by atoms with E-state index in [4.69, 9.17) is 9.15 Å². The molecule has 1 unspecified atom stereocenters. The van der Waals surface area contributed by atoms with Gasteiger partial charge in [-0.2, -0.15) is 0 Å². The average Bonchev–Trinajstić information content (AvgIpc) is 3.33. The van der Waals surface area contributed by atoms with E-state index in [1.54, 1.807) is 24.5 Å². The first-order valence-electron chi connectivity index (χ1n) is 10.0. The highest BCUT2D eigenvalue weighted by Crippen LogP contribution is 2.31. The molecule has 0 amide bonds. The van der Waals surface area contributed by atoms with Gasteiger partial charge < -0.3 is 14.1 Å². The van der Waals surface area contributed by atoms with E-state index in [-0.39, 0.29) is 12.2 Å². The van der Waals surface area contributed by atoms with E-state index in [0.29, 0.717) is 32.2 Å². The van der Waals surface area contributed by atoms with E-state index in [1.165, 1.54) is 11.3 Å². The summed E-state index contributed by atoms with van der Waals surface area (Å²) in [4.78, 5) is 33.3. The van der Waals surface area contributed by atoms with E-state index >= 15 is 0 Å². The van der Waals surface area contributed by atoms with Crippen molar-refractivity contribution in [2.45, 2.75) is 19.9 Å². The van der Waals surface area contributed by atoms with Crippen molar-refractivity contribution in [1.29, 1.82) is 0 Å². The van der Waals surface area contributed by atoms with Gasteiger partial charge in [-0.1, -0.05) is 39.4 Å². The Morgan fingerprint density at radius 2 is 2.00 bits per heavy atom. The Labute approximate surface area is 197 Å². The lowest BCUT2D eigenvalue weighted by Gasteiger charge is -2.24. The van der Waals surface area contributed by atoms with Gasteiger partial charge in [0.05, 0.1) is 28.5 Å². The van der Waals surface area contributed by atoms with Crippen molar-refractivity contribution in [2.75, 3.05) is 25.6 Å². The van der Waals surface area contributed by atoms with Gasteiger partial charge in [0.15, 0.2) is 10.7 Å². The summed E-state index contributed by atoms with van der Waals surface area (Å²) in [6, 6.07) is 10.6. The molecule has 1 aliphatic rings. The predicted molar refractivity (Wildman–Crippen MR) is 128 cm³/mol. The molecule has 0 saturated carbocycles. The minimum absolute atomic E-state index is 0.236. The van der Waals surface area contributed by atoms with Gasteiger partial charge >= 0.3 is 5.97 Å². The van der Waals surface area contributed by atoms with Crippen LogP contribution in [0, 0.1) is 0 Å². The summed E-state index contributed by atoms with van der Waals surface area (Å²) in [5.41, 5.74) is 1.46. The number of rotatable bonds is 5. The van der Waals surface area contributed by atoms with Crippen LogP contribution in [-0.2, 0) is 9.53 Å². The molecule has 0 N–H and O–H groups in total. The van der Waals surface area contributed by atoms with Gasteiger partial charge in [-0.3, -0.25) is 9.36 Å². The zero-order chi connectivity index (χ0) is 23.0. The molecule has 32 heavy (non-hydrogen) atoms. The van der Waals surface area contributed by atoms with Gasteiger partial charge in [-0.15, -0.1) is 0 Å². The number of hydrogen-bond acceptors (Lipinski definition) is 7. The minimum atomic E-state index is -0.630. The fourth-order valence-electron chi connectivity index (χ4n) is 3.54. The summed E-state index contributed by atoms with van der Waals surface area (Å²) in [7, 11) is 3.77. The molecule has 7 nitrogen and oxygen atoms in total. The van der Waals surface area contributed by atoms with Crippen molar-refractivity contribution in [3.63, 3.8) is 0 Å². The second kappa shape index (κ2) is 8.91. The molecule has 0 saturated heterocycles. The maximum Gasteiger partial charge on any atom is 0.338 e. The number of ether oxygens (including phenoxy) is 1. The summed E-state index contributed by atoms with van der Waals surface area (Å²) in [6.45, 7) is 3.76. The highest BCUT2D eigenvalue weighted by Gasteiger charge is 2.33. The van der Waals surface area contributed by atoms with Crippen molar-refractivity contribution in [3.05, 3.63) is 83.2 Å². The number of nitrogens with zero attached hydrogens (tertiary/aromatic N) is 3. The fourth-order valence-corrected chi connectivity index (χ4v) is 4.83. The third kappa shape index (κ3) is 4.10. The van der Waals surface area contributed by atoms with E-state index < -0.39 is 12.0 Å². The number of halogens is 1. The molecule has 2 aromatic heterocycles. The zero-order valence-corrected chi connectivity index (χ0v) is 20.5. The molecule has 4 rings (SSSR count). The second-order valence-electron chi connectivity index (χ2n) is 7.42. The molecule has 9 heteroatoms. The van der Waals surface area contributed by atoms with Crippen LogP contribution in [0.3, 0.4) is 0 Å². The van der Waals surface area contributed by atoms with Crippen molar-refractivity contribution < 1.29 is 13.9 Å². The van der Waals surface area contributed by atoms with Crippen molar-refractivity contribution in [2.24, 2.45) is 4.99 Å². The second-order valence-corrected chi connectivity index (χ2v) is 9.35. The quantitative estimate of drug-likeness (QED) is 0.487. The molecule has 0 spiro atoms.